The quantitative estimate of drug-likeness (QED) is 0.457. The average molecular weight is 494 g/mol. The van der Waals surface area contributed by atoms with Gasteiger partial charge in [0.05, 0.1) is 4.90 Å². The highest BCUT2D eigenvalue weighted by Gasteiger charge is 2.15. The first-order valence-corrected chi connectivity index (χ1v) is 10.0. The molecular formula is C14H14Br2N4O4S. The number of H-pyrrole nitrogens is 1. The number of carbonyl (C=O) groups is 2. The number of rotatable bonds is 6. The van der Waals surface area contributed by atoms with Crippen LogP contribution in [0.25, 0.3) is 0 Å². The van der Waals surface area contributed by atoms with Crippen LogP contribution < -0.4 is 15.6 Å². The lowest BCUT2D eigenvalue weighted by atomic mass is 10.4. The van der Waals surface area contributed by atoms with E-state index in [-0.39, 0.29) is 23.6 Å². The molecule has 1 heterocycles. The molecular weight excluding hydrogens is 480 g/mol. The minimum atomic E-state index is -3.71. The van der Waals surface area contributed by atoms with Gasteiger partial charge in [-0.2, -0.15) is 0 Å². The van der Waals surface area contributed by atoms with Crippen molar-refractivity contribution in [1.82, 2.24) is 20.6 Å². The van der Waals surface area contributed by atoms with Crippen LogP contribution in [-0.4, -0.2) is 31.8 Å². The Kier molecular flexibility index (Phi) is 6.76. The van der Waals surface area contributed by atoms with Crippen molar-refractivity contribution in [2.45, 2.75) is 11.3 Å². The highest BCUT2D eigenvalue weighted by molar-refractivity contribution is 9.10. The van der Waals surface area contributed by atoms with Crippen LogP contribution in [0.5, 0.6) is 0 Å². The summed E-state index contributed by atoms with van der Waals surface area (Å²) in [7, 11) is -3.71. The van der Waals surface area contributed by atoms with E-state index in [0.717, 1.165) is 0 Å². The van der Waals surface area contributed by atoms with E-state index in [1.54, 1.807) is 24.4 Å². The van der Waals surface area contributed by atoms with Crippen LogP contribution >= 0.6 is 31.9 Å². The number of aromatic amines is 1. The van der Waals surface area contributed by atoms with E-state index >= 15 is 0 Å². The number of sulfonamides is 1. The predicted molar refractivity (Wildman–Crippen MR) is 98.0 cm³/mol. The number of hydrogen-bond donors (Lipinski definition) is 4. The molecule has 11 heteroatoms. The van der Waals surface area contributed by atoms with Crippen LogP contribution in [0.15, 0.2) is 50.4 Å². The minimum absolute atomic E-state index is 0.0907. The molecule has 0 saturated carbocycles. The maximum absolute atomic E-state index is 12.1. The molecule has 4 N–H and O–H groups in total. The largest absolute Gasteiger partial charge is 0.356 e. The summed E-state index contributed by atoms with van der Waals surface area (Å²) in [4.78, 5) is 26.2. The van der Waals surface area contributed by atoms with Crippen LogP contribution in [0.3, 0.4) is 0 Å². The average Bonchev–Trinajstić information content (AvgIpc) is 2.99. The molecule has 0 aliphatic carbocycles. The Hall–Kier alpha value is -1.69. The third-order valence-corrected chi connectivity index (χ3v) is 5.37. The molecule has 134 valence electrons. The molecule has 0 radical (unpaired) electrons. The molecule has 25 heavy (non-hydrogen) atoms. The molecule has 8 nitrogen and oxygen atoms in total. The highest BCUT2D eigenvalue weighted by atomic mass is 79.9. The van der Waals surface area contributed by atoms with E-state index in [9.17, 15) is 18.0 Å². The van der Waals surface area contributed by atoms with Crippen molar-refractivity contribution in [2.75, 3.05) is 6.54 Å². The summed E-state index contributed by atoms with van der Waals surface area (Å²) in [6.07, 6.45) is 1.44. The number of halogens is 2. The number of aromatic nitrogens is 1. The fraction of sp³-hybridized carbons (Fsp3) is 0.143. The monoisotopic (exact) mass is 492 g/mol. The molecule has 1 aromatic heterocycles. The summed E-state index contributed by atoms with van der Waals surface area (Å²) in [6, 6.07) is 7.75. The van der Waals surface area contributed by atoms with Gasteiger partial charge in [0.15, 0.2) is 0 Å². The molecule has 1 aromatic carbocycles. The lowest BCUT2D eigenvalue weighted by molar-refractivity contribution is -0.121. The maximum Gasteiger partial charge on any atom is 0.286 e. The van der Waals surface area contributed by atoms with Crippen molar-refractivity contribution >= 4 is 53.7 Å². The van der Waals surface area contributed by atoms with E-state index in [4.69, 9.17) is 0 Å². The summed E-state index contributed by atoms with van der Waals surface area (Å²) in [5, 5.41) is 0. The van der Waals surface area contributed by atoms with Gasteiger partial charge >= 0.3 is 0 Å². The second-order valence-corrected chi connectivity index (χ2v) is 8.44. The molecule has 0 saturated heterocycles. The van der Waals surface area contributed by atoms with Crippen molar-refractivity contribution in [3.05, 3.63) is 51.2 Å². The summed E-state index contributed by atoms with van der Waals surface area (Å²) < 4.78 is 27.8. The van der Waals surface area contributed by atoms with Gasteiger partial charge in [-0.1, -0.05) is 22.0 Å². The second kappa shape index (κ2) is 8.61. The Bertz CT molecular complexity index is 882. The maximum atomic E-state index is 12.1. The number of hydrogen-bond acceptors (Lipinski definition) is 4. The lowest BCUT2D eigenvalue weighted by Crippen LogP contribution is -2.42. The van der Waals surface area contributed by atoms with E-state index in [0.29, 0.717) is 8.95 Å². The normalized spacial score (nSPS) is 11.1. The SMILES string of the molecule is O=C(CCNS(=O)(=O)c1cccc(Br)c1)NNC(=O)c1cc(Br)c[nH]1. The van der Waals surface area contributed by atoms with Crippen LogP contribution in [0, 0.1) is 0 Å². The Morgan fingerprint density at radius 3 is 2.48 bits per heavy atom. The third-order valence-electron chi connectivity index (χ3n) is 2.96. The summed E-state index contributed by atoms with van der Waals surface area (Å²) in [6.45, 7) is -0.107. The Morgan fingerprint density at radius 1 is 1.08 bits per heavy atom. The van der Waals surface area contributed by atoms with E-state index in [2.05, 4.69) is 52.4 Å². The molecule has 0 aliphatic heterocycles. The molecule has 2 rings (SSSR count). The lowest BCUT2D eigenvalue weighted by Gasteiger charge is -2.08. The number of benzene rings is 1. The van der Waals surface area contributed by atoms with Gasteiger partial charge in [-0.3, -0.25) is 20.4 Å². The number of hydrazine groups is 1. The Morgan fingerprint density at radius 2 is 1.84 bits per heavy atom. The second-order valence-electron chi connectivity index (χ2n) is 4.84. The zero-order valence-corrected chi connectivity index (χ0v) is 16.7. The molecule has 0 bridgehead atoms. The van der Waals surface area contributed by atoms with Crippen molar-refractivity contribution < 1.29 is 18.0 Å². The topological polar surface area (TPSA) is 120 Å². The van der Waals surface area contributed by atoms with Gasteiger partial charge in [-0.05, 0) is 40.2 Å². The van der Waals surface area contributed by atoms with E-state index < -0.39 is 21.8 Å². The van der Waals surface area contributed by atoms with Gasteiger partial charge in [-0.25, -0.2) is 13.1 Å². The fourth-order valence-corrected chi connectivity index (χ4v) is 3.74. The molecule has 0 atom stereocenters. The smallest absolute Gasteiger partial charge is 0.286 e. The number of carbonyl (C=O) groups excluding carboxylic acids is 2. The van der Waals surface area contributed by atoms with Crippen LogP contribution in [0.4, 0.5) is 0 Å². The number of nitrogens with one attached hydrogen (secondary N) is 4. The predicted octanol–water partition coefficient (Wildman–Crippen LogP) is 1.67. The van der Waals surface area contributed by atoms with Crippen LogP contribution in [0.2, 0.25) is 0 Å². The van der Waals surface area contributed by atoms with Crippen molar-refractivity contribution in [1.29, 1.82) is 0 Å². The number of amides is 2. The minimum Gasteiger partial charge on any atom is -0.356 e. The first kappa shape index (κ1) is 19.6. The third kappa shape index (κ3) is 5.96. The molecule has 0 spiro atoms. The van der Waals surface area contributed by atoms with Crippen molar-refractivity contribution in [2.24, 2.45) is 0 Å². The van der Waals surface area contributed by atoms with Gasteiger partial charge in [-0.15, -0.1) is 0 Å². The first-order valence-electron chi connectivity index (χ1n) is 6.96. The van der Waals surface area contributed by atoms with Gasteiger partial charge in [0.2, 0.25) is 15.9 Å². The van der Waals surface area contributed by atoms with Crippen LogP contribution in [-0.2, 0) is 14.8 Å². The van der Waals surface area contributed by atoms with E-state index in [1.165, 1.54) is 12.1 Å². The van der Waals surface area contributed by atoms with Gasteiger partial charge in [0.1, 0.15) is 5.69 Å². The molecule has 0 aliphatic rings. The standard InChI is InChI=1S/C14H14Br2N4O4S/c15-9-2-1-3-11(6-9)25(23,24)18-5-4-13(21)19-20-14(22)12-7-10(16)8-17-12/h1-3,6-8,17-18H,4-5H2,(H,19,21)(H,20,22). The summed E-state index contributed by atoms with van der Waals surface area (Å²) in [5.41, 5.74) is 4.70. The van der Waals surface area contributed by atoms with Gasteiger partial charge in [0, 0.05) is 28.1 Å². The molecule has 2 amide bonds. The van der Waals surface area contributed by atoms with Gasteiger partial charge < -0.3 is 4.98 Å². The molecule has 0 unspecified atom stereocenters. The van der Waals surface area contributed by atoms with Crippen molar-refractivity contribution in [3.63, 3.8) is 0 Å². The first-order chi connectivity index (χ1) is 11.8. The molecule has 0 fully saturated rings. The van der Waals surface area contributed by atoms with Crippen molar-refractivity contribution in [3.8, 4) is 0 Å². The Balaban J connectivity index is 1.77. The zero-order valence-electron chi connectivity index (χ0n) is 12.7. The van der Waals surface area contributed by atoms with E-state index in [1.807, 2.05) is 0 Å². The van der Waals surface area contributed by atoms with Gasteiger partial charge in [0.25, 0.3) is 5.91 Å². The molecule has 2 aromatic rings. The Labute approximate surface area is 161 Å². The summed E-state index contributed by atoms with van der Waals surface area (Å²) in [5.74, 6) is -1.05. The zero-order chi connectivity index (χ0) is 18.4. The highest BCUT2D eigenvalue weighted by Crippen LogP contribution is 2.15. The summed E-state index contributed by atoms with van der Waals surface area (Å²) >= 11 is 6.39. The fourth-order valence-electron chi connectivity index (χ4n) is 1.77. The van der Waals surface area contributed by atoms with Crippen LogP contribution in [0.1, 0.15) is 16.9 Å².